The molecule has 1 saturated heterocycles. The molecule has 3 amide bonds. The molecule has 0 radical (unpaired) electrons. The summed E-state index contributed by atoms with van der Waals surface area (Å²) < 4.78 is 5.14. The SMILES string of the molecule is C[C@@H](NC(=O)COC(=O)c1cccc(N2C(=O)[C@H]3CC=CC[C@H]3C2=O)c1)c1ccccc1. The molecule has 2 aliphatic rings. The lowest BCUT2D eigenvalue weighted by Crippen LogP contribution is -2.31. The normalized spacial score (nSPS) is 20.6. The van der Waals surface area contributed by atoms with Crippen molar-refractivity contribution < 1.29 is 23.9 Å². The minimum Gasteiger partial charge on any atom is -0.452 e. The number of benzene rings is 2. The Bertz CT molecular complexity index is 1050. The number of carbonyl (C=O) groups is 4. The molecule has 164 valence electrons. The van der Waals surface area contributed by atoms with Gasteiger partial charge in [0.05, 0.1) is 29.1 Å². The third-order valence-electron chi connectivity index (χ3n) is 5.86. The molecule has 7 nitrogen and oxygen atoms in total. The number of fused-ring (bicyclic) bond motifs is 1. The summed E-state index contributed by atoms with van der Waals surface area (Å²) in [5.41, 5.74) is 1.45. The fourth-order valence-corrected chi connectivity index (χ4v) is 4.15. The summed E-state index contributed by atoms with van der Waals surface area (Å²) in [7, 11) is 0. The number of carbonyl (C=O) groups excluding carboxylic acids is 4. The van der Waals surface area contributed by atoms with E-state index in [2.05, 4.69) is 5.32 Å². The molecule has 0 spiro atoms. The van der Waals surface area contributed by atoms with E-state index in [1.807, 2.05) is 49.4 Å². The van der Waals surface area contributed by atoms with E-state index < -0.39 is 18.5 Å². The zero-order valence-electron chi connectivity index (χ0n) is 17.7. The molecular weight excluding hydrogens is 408 g/mol. The van der Waals surface area contributed by atoms with Crippen LogP contribution in [0.3, 0.4) is 0 Å². The van der Waals surface area contributed by atoms with Crippen molar-refractivity contribution >= 4 is 29.4 Å². The molecule has 32 heavy (non-hydrogen) atoms. The van der Waals surface area contributed by atoms with Crippen LogP contribution in [-0.2, 0) is 19.1 Å². The number of nitrogens with zero attached hydrogens (tertiary/aromatic N) is 1. The van der Waals surface area contributed by atoms with Gasteiger partial charge in [-0.2, -0.15) is 0 Å². The molecule has 1 aliphatic carbocycles. The number of hydrogen-bond acceptors (Lipinski definition) is 5. The molecule has 1 N–H and O–H groups in total. The van der Waals surface area contributed by atoms with Gasteiger partial charge in [0.25, 0.3) is 5.91 Å². The van der Waals surface area contributed by atoms with Gasteiger partial charge in [0, 0.05) is 0 Å². The van der Waals surface area contributed by atoms with Crippen LogP contribution in [0, 0.1) is 11.8 Å². The number of anilines is 1. The second-order valence-corrected chi connectivity index (χ2v) is 7.99. The smallest absolute Gasteiger partial charge is 0.338 e. The van der Waals surface area contributed by atoms with Crippen molar-refractivity contribution in [3.63, 3.8) is 0 Å². The van der Waals surface area contributed by atoms with E-state index in [1.54, 1.807) is 12.1 Å². The van der Waals surface area contributed by atoms with Gasteiger partial charge in [-0.15, -0.1) is 0 Å². The molecule has 0 unspecified atom stereocenters. The van der Waals surface area contributed by atoms with Crippen molar-refractivity contribution in [3.8, 4) is 0 Å². The molecular formula is C25H24N2O5. The van der Waals surface area contributed by atoms with Crippen LogP contribution in [0.5, 0.6) is 0 Å². The van der Waals surface area contributed by atoms with Gasteiger partial charge >= 0.3 is 5.97 Å². The predicted molar refractivity (Wildman–Crippen MR) is 118 cm³/mol. The van der Waals surface area contributed by atoms with Gasteiger partial charge in [-0.25, -0.2) is 4.79 Å². The third-order valence-corrected chi connectivity index (χ3v) is 5.86. The maximum atomic E-state index is 12.8. The second kappa shape index (κ2) is 9.18. The van der Waals surface area contributed by atoms with Crippen LogP contribution in [-0.4, -0.2) is 30.3 Å². The summed E-state index contributed by atoms with van der Waals surface area (Å²) in [5, 5.41) is 2.78. The third kappa shape index (κ3) is 4.32. The summed E-state index contributed by atoms with van der Waals surface area (Å²) in [6.07, 6.45) is 4.94. The second-order valence-electron chi connectivity index (χ2n) is 7.99. The number of nitrogens with one attached hydrogen (secondary N) is 1. The van der Waals surface area contributed by atoms with Crippen molar-refractivity contribution in [1.82, 2.24) is 5.32 Å². The standard InChI is InChI=1S/C25H24N2O5/c1-16(17-8-3-2-4-9-17)26-22(28)15-32-25(31)18-10-7-11-19(14-18)27-23(29)20-12-5-6-13-21(20)24(27)30/h2-11,14,16,20-21H,12-13,15H2,1H3,(H,26,28)/t16-,20-,21+/m1/s1. The van der Waals surface area contributed by atoms with Gasteiger partial charge in [0.2, 0.25) is 11.8 Å². The Morgan fingerprint density at radius 2 is 1.66 bits per heavy atom. The van der Waals surface area contributed by atoms with E-state index in [0.29, 0.717) is 18.5 Å². The number of hydrogen-bond donors (Lipinski definition) is 1. The van der Waals surface area contributed by atoms with Gasteiger partial charge < -0.3 is 10.1 Å². The van der Waals surface area contributed by atoms with Crippen LogP contribution in [0.25, 0.3) is 0 Å². The topological polar surface area (TPSA) is 92.8 Å². The maximum Gasteiger partial charge on any atom is 0.338 e. The monoisotopic (exact) mass is 432 g/mol. The average molecular weight is 432 g/mol. The van der Waals surface area contributed by atoms with Gasteiger partial charge in [0.1, 0.15) is 0 Å². The van der Waals surface area contributed by atoms with E-state index in [1.165, 1.54) is 12.1 Å². The number of amides is 3. The van der Waals surface area contributed by atoms with Gasteiger partial charge in [-0.1, -0.05) is 48.6 Å². The minimum absolute atomic E-state index is 0.167. The number of rotatable bonds is 6. The molecule has 2 aromatic carbocycles. The molecule has 0 bridgehead atoms. The first-order valence-corrected chi connectivity index (χ1v) is 10.6. The molecule has 0 aromatic heterocycles. The van der Waals surface area contributed by atoms with Crippen LogP contribution in [0.4, 0.5) is 5.69 Å². The van der Waals surface area contributed by atoms with E-state index >= 15 is 0 Å². The molecule has 1 heterocycles. The summed E-state index contributed by atoms with van der Waals surface area (Å²) in [4.78, 5) is 51.4. The molecule has 1 aliphatic heterocycles. The summed E-state index contributed by atoms with van der Waals surface area (Å²) in [5.74, 6) is -2.31. The van der Waals surface area contributed by atoms with Crippen LogP contribution < -0.4 is 10.2 Å². The first kappa shape index (κ1) is 21.5. The van der Waals surface area contributed by atoms with Crippen molar-refractivity contribution in [1.29, 1.82) is 0 Å². The first-order chi connectivity index (χ1) is 15.5. The Morgan fingerprint density at radius 1 is 1.00 bits per heavy atom. The number of imide groups is 1. The Hall–Kier alpha value is -3.74. The summed E-state index contributed by atoms with van der Waals surface area (Å²) >= 11 is 0. The van der Waals surface area contributed by atoms with Crippen molar-refractivity contribution in [2.45, 2.75) is 25.8 Å². The van der Waals surface area contributed by atoms with Crippen molar-refractivity contribution in [3.05, 3.63) is 77.9 Å². The van der Waals surface area contributed by atoms with E-state index in [9.17, 15) is 19.2 Å². The van der Waals surface area contributed by atoms with E-state index in [-0.39, 0.29) is 35.3 Å². The molecule has 0 saturated carbocycles. The molecule has 1 fully saturated rings. The lowest BCUT2D eigenvalue weighted by Gasteiger charge is -2.16. The quantitative estimate of drug-likeness (QED) is 0.430. The highest BCUT2D eigenvalue weighted by atomic mass is 16.5. The van der Waals surface area contributed by atoms with Crippen LogP contribution in [0.2, 0.25) is 0 Å². The molecule has 2 aromatic rings. The highest BCUT2D eigenvalue weighted by Crippen LogP contribution is 2.37. The Kier molecular flexibility index (Phi) is 6.16. The molecule has 7 heteroatoms. The maximum absolute atomic E-state index is 12.8. The number of esters is 1. The van der Waals surface area contributed by atoms with Gasteiger partial charge in [0.15, 0.2) is 6.61 Å². The van der Waals surface area contributed by atoms with Crippen LogP contribution in [0.15, 0.2) is 66.7 Å². The zero-order chi connectivity index (χ0) is 22.7. The lowest BCUT2D eigenvalue weighted by molar-refractivity contribution is -0.125. The first-order valence-electron chi connectivity index (χ1n) is 10.6. The minimum atomic E-state index is -0.701. The fraction of sp³-hybridized carbons (Fsp3) is 0.280. The van der Waals surface area contributed by atoms with Crippen LogP contribution >= 0.6 is 0 Å². The van der Waals surface area contributed by atoms with Crippen molar-refractivity contribution in [2.24, 2.45) is 11.8 Å². The van der Waals surface area contributed by atoms with E-state index in [0.717, 1.165) is 10.5 Å². The van der Waals surface area contributed by atoms with Gasteiger partial charge in [-0.05, 0) is 43.5 Å². The highest BCUT2D eigenvalue weighted by molar-refractivity contribution is 6.22. The van der Waals surface area contributed by atoms with E-state index in [4.69, 9.17) is 4.74 Å². The van der Waals surface area contributed by atoms with Crippen molar-refractivity contribution in [2.75, 3.05) is 11.5 Å². The van der Waals surface area contributed by atoms with Gasteiger partial charge in [-0.3, -0.25) is 19.3 Å². The Labute approximate surface area is 186 Å². The fourth-order valence-electron chi connectivity index (χ4n) is 4.15. The lowest BCUT2D eigenvalue weighted by atomic mass is 9.85. The Balaban J connectivity index is 1.38. The summed E-state index contributed by atoms with van der Waals surface area (Å²) in [6, 6.07) is 15.4. The average Bonchev–Trinajstić information content (AvgIpc) is 3.08. The predicted octanol–water partition coefficient (Wildman–Crippen LogP) is 3.18. The number of ether oxygens (including phenoxy) is 1. The highest BCUT2D eigenvalue weighted by Gasteiger charge is 2.47. The Morgan fingerprint density at radius 3 is 2.31 bits per heavy atom. The molecule has 3 atom stereocenters. The summed E-state index contributed by atoms with van der Waals surface area (Å²) in [6.45, 7) is 1.41. The molecule has 4 rings (SSSR count). The zero-order valence-corrected chi connectivity index (χ0v) is 17.7. The van der Waals surface area contributed by atoms with Crippen LogP contribution in [0.1, 0.15) is 41.7 Å². The number of allylic oxidation sites excluding steroid dienone is 2. The largest absolute Gasteiger partial charge is 0.452 e.